The maximum atomic E-state index is 13.9. The molecule has 7 nitrogen and oxygen atoms in total. The van der Waals surface area contributed by atoms with Gasteiger partial charge in [0.2, 0.25) is 0 Å². The van der Waals surface area contributed by atoms with Gasteiger partial charge in [0, 0.05) is 7.05 Å². The van der Waals surface area contributed by atoms with Crippen LogP contribution in [0.15, 0.2) is 34.0 Å². The van der Waals surface area contributed by atoms with E-state index in [1.165, 1.54) is 23.7 Å². The van der Waals surface area contributed by atoms with Crippen molar-refractivity contribution in [2.24, 2.45) is 7.05 Å². The minimum atomic E-state index is -4.03. The fourth-order valence-corrected chi connectivity index (χ4v) is 2.82. The zero-order valence-corrected chi connectivity index (χ0v) is 13.9. The largest absolute Gasteiger partial charge is 0.345 e. The van der Waals surface area contributed by atoms with Gasteiger partial charge in [0.1, 0.15) is 12.0 Å². The average Bonchev–Trinajstić information content (AvgIpc) is 2.73. The molecule has 0 radical (unpaired) electrons. The minimum Gasteiger partial charge on any atom is -0.282 e. The molecular weight excluding hydrogens is 325 g/mol. The lowest BCUT2D eigenvalue weighted by Crippen LogP contribution is -2.29. The standard InChI is InChI=1S/C14H18FN3O4S/c1-10-4-6-13(7-5-10)23(20,21)22-9-12(15)8-18-14(19)17(3)11(2)16-18/h4-7,12H,8-9H2,1-3H3/t12-/m0/s1. The Kier molecular flexibility index (Phi) is 5.00. The van der Waals surface area contributed by atoms with Crippen LogP contribution in [0.3, 0.4) is 0 Å². The summed E-state index contributed by atoms with van der Waals surface area (Å²) >= 11 is 0. The highest BCUT2D eigenvalue weighted by atomic mass is 32.2. The summed E-state index contributed by atoms with van der Waals surface area (Å²) in [6, 6.07) is 6.04. The summed E-state index contributed by atoms with van der Waals surface area (Å²) in [6.45, 7) is 2.38. The molecule has 0 spiro atoms. The van der Waals surface area contributed by atoms with Gasteiger partial charge in [-0.2, -0.15) is 13.5 Å². The van der Waals surface area contributed by atoms with Gasteiger partial charge in [0.15, 0.2) is 0 Å². The predicted molar refractivity (Wildman–Crippen MR) is 81.4 cm³/mol. The molecule has 23 heavy (non-hydrogen) atoms. The molecule has 2 aromatic rings. The van der Waals surface area contributed by atoms with Gasteiger partial charge in [-0.1, -0.05) is 17.7 Å². The molecule has 1 atom stereocenters. The van der Waals surface area contributed by atoms with Crippen molar-refractivity contribution in [3.8, 4) is 0 Å². The lowest BCUT2D eigenvalue weighted by Gasteiger charge is -2.09. The van der Waals surface area contributed by atoms with Gasteiger partial charge < -0.3 is 0 Å². The number of rotatable bonds is 6. The number of halogens is 1. The first-order valence-electron chi connectivity index (χ1n) is 6.91. The number of benzene rings is 1. The summed E-state index contributed by atoms with van der Waals surface area (Å²) in [6.07, 6.45) is -1.68. The maximum absolute atomic E-state index is 13.9. The van der Waals surface area contributed by atoms with Crippen molar-refractivity contribution in [1.29, 1.82) is 0 Å². The molecule has 0 amide bonds. The van der Waals surface area contributed by atoms with Crippen LogP contribution in [0.1, 0.15) is 11.4 Å². The Balaban J connectivity index is 2.00. The molecule has 0 bridgehead atoms. The molecule has 0 unspecified atom stereocenters. The van der Waals surface area contributed by atoms with Gasteiger partial charge in [0.25, 0.3) is 10.1 Å². The second-order valence-corrected chi connectivity index (χ2v) is 6.84. The van der Waals surface area contributed by atoms with Crippen LogP contribution < -0.4 is 5.69 Å². The molecule has 0 aliphatic rings. The monoisotopic (exact) mass is 343 g/mol. The van der Waals surface area contributed by atoms with E-state index in [9.17, 15) is 17.6 Å². The van der Waals surface area contributed by atoms with Gasteiger partial charge in [-0.25, -0.2) is 13.9 Å². The Morgan fingerprint density at radius 3 is 2.39 bits per heavy atom. The molecule has 2 rings (SSSR count). The molecule has 0 aliphatic carbocycles. The lowest BCUT2D eigenvalue weighted by molar-refractivity contribution is 0.177. The van der Waals surface area contributed by atoms with Crippen molar-refractivity contribution in [3.05, 3.63) is 46.1 Å². The van der Waals surface area contributed by atoms with Crippen molar-refractivity contribution in [2.75, 3.05) is 6.61 Å². The topological polar surface area (TPSA) is 83.2 Å². The minimum absolute atomic E-state index is 0.0406. The summed E-state index contributed by atoms with van der Waals surface area (Å²) in [7, 11) is -2.51. The Labute approximate surface area is 133 Å². The molecule has 0 aliphatic heterocycles. The normalized spacial score (nSPS) is 13.2. The molecule has 1 aromatic heterocycles. The number of hydrogen-bond acceptors (Lipinski definition) is 5. The van der Waals surface area contributed by atoms with E-state index >= 15 is 0 Å². The van der Waals surface area contributed by atoms with Crippen LogP contribution in [0.5, 0.6) is 0 Å². The first kappa shape index (κ1) is 17.4. The fraction of sp³-hybridized carbons (Fsp3) is 0.429. The third kappa shape index (κ3) is 4.05. The van der Waals surface area contributed by atoms with Crippen molar-refractivity contribution in [1.82, 2.24) is 14.3 Å². The van der Waals surface area contributed by atoms with Crippen LogP contribution in [-0.4, -0.2) is 35.5 Å². The molecule has 0 saturated carbocycles. The summed E-state index contributed by atoms with van der Waals surface area (Å²) in [5.41, 5.74) is 0.434. The van der Waals surface area contributed by atoms with Crippen LogP contribution in [0.25, 0.3) is 0 Å². The smallest absolute Gasteiger partial charge is 0.282 e. The third-order valence-electron chi connectivity index (χ3n) is 3.34. The number of alkyl halides is 1. The van der Waals surface area contributed by atoms with E-state index in [1.807, 2.05) is 6.92 Å². The van der Waals surface area contributed by atoms with Crippen LogP contribution >= 0.6 is 0 Å². The van der Waals surface area contributed by atoms with E-state index in [0.29, 0.717) is 5.82 Å². The van der Waals surface area contributed by atoms with Gasteiger partial charge in [-0.15, -0.1) is 0 Å². The second-order valence-electron chi connectivity index (χ2n) is 5.22. The SMILES string of the molecule is Cc1ccc(S(=O)(=O)OC[C@@H](F)Cn2nc(C)n(C)c2=O)cc1. The van der Waals surface area contributed by atoms with E-state index in [-0.39, 0.29) is 11.4 Å². The Hall–Kier alpha value is -2.00. The van der Waals surface area contributed by atoms with Gasteiger partial charge >= 0.3 is 5.69 Å². The highest BCUT2D eigenvalue weighted by Crippen LogP contribution is 2.14. The summed E-state index contributed by atoms with van der Waals surface area (Å²) in [5.74, 6) is 0.440. The number of hydrogen-bond donors (Lipinski definition) is 0. The number of aromatic nitrogens is 3. The van der Waals surface area contributed by atoms with E-state index in [4.69, 9.17) is 4.18 Å². The molecule has 9 heteroatoms. The molecule has 1 heterocycles. The van der Waals surface area contributed by atoms with Crippen molar-refractivity contribution < 1.29 is 17.0 Å². The zero-order valence-electron chi connectivity index (χ0n) is 13.1. The maximum Gasteiger partial charge on any atom is 0.345 e. The summed E-state index contributed by atoms with van der Waals surface area (Å²) in [4.78, 5) is 11.7. The molecule has 0 saturated heterocycles. The molecule has 1 aromatic carbocycles. The molecular formula is C14H18FN3O4S. The molecule has 0 N–H and O–H groups in total. The fourth-order valence-electron chi connectivity index (χ4n) is 1.89. The quantitative estimate of drug-likeness (QED) is 0.729. The van der Waals surface area contributed by atoms with Crippen molar-refractivity contribution >= 4 is 10.1 Å². The van der Waals surface area contributed by atoms with Crippen LogP contribution in [0.2, 0.25) is 0 Å². The Morgan fingerprint density at radius 2 is 1.87 bits per heavy atom. The Bertz CT molecular complexity index is 840. The average molecular weight is 343 g/mol. The van der Waals surface area contributed by atoms with Crippen LogP contribution in [-0.2, 0) is 27.9 Å². The van der Waals surface area contributed by atoms with Crippen LogP contribution in [0.4, 0.5) is 4.39 Å². The highest BCUT2D eigenvalue weighted by molar-refractivity contribution is 7.86. The van der Waals surface area contributed by atoms with Crippen molar-refractivity contribution in [2.45, 2.75) is 31.5 Å². The van der Waals surface area contributed by atoms with E-state index in [1.54, 1.807) is 19.1 Å². The van der Waals surface area contributed by atoms with Crippen molar-refractivity contribution in [3.63, 3.8) is 0 Å². The summed E-state index contributed by atoms with van der Waals surface area (Å²) < 4.78 is 44.8. The van der Waals surface area contributed by atoms with Gasteiger partial charge in [0.05, 0.1) is 18.0 Å². The number of nitrogens with zero attached hydrogens (tertiary/aromatic N) is 3. The van der Waals surface area contributed by atoms with Gasteiger partial charge in [-0.3, -0.25) is 8.75 Å². The molecule has 126 valence electrons. The van der Waals surface area contributed by atoms with E-state index in [0.717, 1.165) is 10.2 Å². The summed E-state index contributed by atoms with van der Waals surface area (Å²) in [5, 5.41) is 3.88. The first-order chi connectivity index (χ1) is 10.7. The first-order valence-corrected chi connectivity index (χ1v) is 8.32. The zero-order chi connectivity index (χ0) is 17.2. The number of aryl methyl sites for hydroxylation is 2. The lowest BCUT2D eigenvalue weighted by atomic mass is 10.2. The van der Waals surface area contributed by atoms with Gasteiger partial charge in [-0.05, 0) is 26.0 Å². The highest BCUT2D eigenvalue weighted by Gasteiger charge is 2.20. The van der Waals surface area contributed by atoms with E-state index in [2.05, 4.69) is 5.10 Å². The predicted octanol–water partition coefficient (Wildman–Crippen LogP) is 0.942. The second kappa shape index (κ2) is 6.63. The van der Waals surface area contributed by atoms with E-state index < -0.39 is 28.6 Å². The van der Waals surface area contributed by atoms with Crippen LogP contribution in [0, 0.1) is 13.8 Å². The Morgan fingerprint density at radius 1 is 1.26 bits per heavy atom. The molecule has 0 fully saturated rings. The third-order valence-corrected chi connectivity index (χ3v) is 4.64.